The van der Waals surface area contributed by atoms with Crippen LogP contribution >= 0.6 is 0 Å². The van der Waals surface area contributed by atoms with Crippen LogP contribution in [-0.4, -0.2) is 25.2 Å². The van der Waals surface area contributed by atoms with E-state index >= 15 is 0 Å². The van der Waals surface area contributed by atoms with Gasteiger partial charge in [0, 0.05) is 25.2 Å². The van der Waals surface area contributed by atoms with Crippen LogP contribution in [0.25, 0.3) is 0 Å². The van der Waals surface area contributed by atoms with Crippen molar-refractivity contribution >= 4 is 5.69 Å². The van der Waals surface area contributed by atoms with Gasteiger partial charge in [0.15, 0.2) is 0 Å². The fraction of sp³-hybridized carbons (Fsp3) is 0.588. The van der Waals surface area contributed by atoms with Crippen molar-refractivity contribution in [3.05, 3.63) is 29.1 Å². The topological polar surface area (TPSA) is 39.1 Å². The smallest absolute Gasteiger partial charge is 0.143 e. The first kappa shape index (κ1) is 14.3. The number of piperazine rings is 1. The molecule has 2 saturated heterocycles. The van der Waals surface area contributed by atoms with Gasteiger partial charge in [0.2, 0.25) is 0 Å². The molecule has 2 atom stereocenters. The Hall–Kier alpha value is -1.60. The number of rotatable bonds is 3. The summed E-state index contributed by atoms with van der Waals surface area (Å²) in [7, 11) is 0. The summed E-state index contributed by atoms with van der Waals surface area (Å²) in [5.41, 5.74) is 1.97. The number of halogens is 1. The number of nitrogens with one attached hydrogen (secondary N) is 1. The zero-order chi connectivity index (χ0) is 15.0. The van der Waals surface area contributed by atoms with Crippen LogP contribution in [0.4, 0.5) is 10.1 Å². The van der Waals surface area contributed by atoms with Gasteiger partial charge in [-0.3, -0.25) is 0 Å². The normalized spacial score (nSPS) is 24.4. The molecule has 2 bridgehead atoms. The molecule has 2 fully saturated rings. The summed E-state index contributed by atoms with van der Waals surface area (Å²) >= 11 is 0. The number of nitriles is 1. The van der Waals surface area contributed by atoms with E-state index in [1.54, 1.807) is 0 Å². The second-order valence-electron chi connectivity index (χ2n) is 6.72. The summed E-state index contributed by atoms with van der Waals surface area (Å²) in [6.45, 7) is 5.99. The molecule has 0 amide bonds. The predicted molar refractivity (Wildman–Crippen MR) is 81.8 cm³/mol. The molecule has 1 aromatic carbocycles. The zero-order valence-corrected chi connectivity index (χ0v) is 12.7. The van der Waals surface area contributed by atoms with Crippen molar-refractivity contribution in [1.29, 1.82) is 5.26 Å². The molecular weight excluding hydrogens is 265 g/mol. The highest BCUT2D eigenvalue weighted by molar-refractivity contribution is 5.62. The van der Waals surface area contributed by atoms with E-state index in [-0.39, 0.29) is 11.4 Å². The molecule has 4 heteroatoms. The van der Waals surface area contributed by atoms with E-state index in [1.165, 1.54) is 18.9 Å². The van der Waals surface area contributed by atoms with E-state index < -0.39 is 0 Å². The molecule has 2 heterocycles. The second-order valence-corrected chi connectivity index (χ2v) is 6.72. The molecule has 0 spiro atoms. The van der Waals surface area contributed by atoms with Crippen molar-refractivity contribution in [1.82, 2.24) is 5.32 Å². The van der Waals surface area contributed by atoms with E-state index in [1.807, 2.05) is 6.07 Å². The first-order valence-corrected chi connectivity index (χ1v) is 7.80. The van der Waals surface area contributed by atoms with Gasteiger partial charge in [-0.1, -0.05) is 13.8 Å². The highest BCUT2D eigenvalue weighted by atomic mass is 19.1. The molecule has 21 heavy (non-hydrogen) atoms. The van der Waals surface area contributed by atoms with Gasteiger partial charge in [0.05, 0.1) is 5.69 Å². The van der Waals surface area contributed by atoms with Gasteiger partial charge >= 0.3 is 0 Å². The maximum atomic E-state index is 14.3. The maximum Gasteiger partial charge on any atom is 0.143 e. The Morgan fingerprint density at radius 2 is 2.00 bits per heavy atom. The maximum absolute atomic E-state index is 14.3. The molecule has 3 rings (SSSR count). The van der Waals surface area contributed by atoms with Gasteiger partial charge in [-0.25, -0.2) is 4.39 Å². The van der Waals surface area contributed by atoms with Crippen molar-refractivity contribution in [3.63, 3.8) is 0 Å². The lowest BCUT2D eigenvalue weighted by atomic mass is 9.99. The fourth-order valence-electron chi connectivity index (χ4n) is 3.59. The molecule has 1 aromatic rings. The minimum Gasteiger partial charge on any atom is -0.367 e. The van der Waals surface area contributed by atoms with Crippen molar-refractivity contribution in [3.8, 4) is 6.07 Å². The van der Waals surface area contributed by atoms with E-state index in [9.17, 15) is 9.65 Å². The van der Waals surface area contributed by atoms with Gasteiger partial charge in [0.25, 0.3) is 0 Å². The van der Waals surface area contributed by atoms with E-state index in [2.05, 4.69) is 30.1 Å². The third kappa shape index (κ3) is 2.89. The molecular formula is C17H22FN3. The fourth-order valence-corrected chi connectivity index (χ4v) is 3.59. The lowest BCUT2D eigenvalue weighted by molar-refractivity contribution is 0.464. The van der Waals surface area contributed by atoms with Crippen LogP contribution in [0.5, 0.6) is 0 Å². The van der Waals surface area contributed by atoms with Gasteiger partial charge < -0.3 is 10.2 Å². The summed E-state index contributed by atoms with van der Waals surface area (Å²) in [4.78, 5) is 2.20. The van der Waals surface area contributed by atoms with E-state index in [0.717, 1.165) is 30.8 Å². The van der Waals surface area contributed by atoms with Crippen LogP contribution in [0, 0.1) is 23.1 Å². The molecule has 0 aromatic heterocycles. The van der Waals surface area contributed by atoms with Crippen LogP contribution in [0.3, 0.4) is 0 Å². The highest BCUT2D eigenvalue weighted by Crippen LogP contribution is 2.30. The van der Waals surface area contributed by atoms with Crippen LogP contribution < -0.4 is 10.2 Å². The quantitative estimate of drug-likeness (QED) is 0.929. The van der Waals surface area contributed by atoms with Crippen molar-refractivity contribution in [2.24, 2.45) is 5.92 Å². The van der Waals surface area contributed by atoms with Crippen molar-refractivity contribution in [2.45, 2.75) is 45.2 Å². The Bertz CT molecular complexity index is 564. The lowest BCUT2D eigenvalue weighted by Gasteiger charge is -2.35. The minimum absolute atomic E-state index is 0.198. The molecule has 1 N–H and O–H groups in total. The molecule has 3 nitrogen and oxygen atoms in total. The largest absolute Gasteiger partial charge is 0.367 e. The zero-order valence-electron chi connectivity index (χ0n) is 12.7. The Balaban J connectivity index is 1.95. The van der Waals surface area contributed by atoms with Crippen LogP contribution in [0.15, 0.2) is 12.1 Å². The Morgan fingerprint density at radius 3 is 2.57 bits per heavy atom. The molecule has 0 aliphatic carbocycles. The third-order valence-electron chi connectivity index (χ3n) is 4.44. The summed E-state index contributed by atoms with van der Waals surface area (Å²) < 4.78 is 14.3. The van der Waals surface area contributed by atoms with E-state index in [4.69, 9.17) is 0 Å². The van der Waals surface area contributed by atoms with Gasteiger partial charge in [-0.2, -0.15) is 5.26 Å². The molecule has 112 valence electrons. The third-order valence-corrected chi connectivity index (χ3v) is 4.44. The van der Waals surface area contributed by atoms with Crippen LogP contribution in [0.2, 0.25) is 0 Å². The van der Waals surface area contributed by atoms with Gasteiger partial charge in [0.1, 0.15) is 17.4 Å². The number of hydrogen-bond donors (Lipinski definition) is 1. The number of nitrogens with zero attached hydrogens (tertiary/aromatic N) is 2. The average molecular weight is 287 g/mol. The summed E-state index contributed by atoms with van der Waals surface area (Å²) in [5, 5.41) is 12.9. The monoisotopic (exact) mass is 287 g/mol. The standard InChI is InChI=1S/C17H22FN3/c1-11(2)5-12-6-16(18)15(8-19)17(7-12)21-9-13-3-4-14(10-21)20-13/h6-7,11,13-14,20H,3-5,9-10H2,1-2H3. The molecule has 2 aliphatic rings. The number of benzene rings is 1. The van der Waals surface area contributed by atoms with Crippen molar-refractivity contribution < 1.29 is 4.39 Å². The SMILES string of the molecule is CC(C)Cc1cc(F)c(C#N)c(N2CC3CCC(C2)N3)c1. The molecule has 0 saturated carbocycles. The molecule has 2 aliphatic heterocycles. The average Bonchev–Trinajstić information content (AvgIpc) is 2.76. The number of hydrogen-bond acceptors (Lipinski definition) is 3. The highest BCUT2D eigenvalue weighted by Gasteiger charge is 2.33. The molecule has 2 unspecified atom stereocenters. The van der Waals surface area contributed by atoms with Gasteiger partial charge in [-0.05, 0) is 42.9 Å². The van der Waals surface area contributed by atoms with Crippen molar-refractivity contribution in [2.75, 3.05) is 18.0 Å². The first-order chi connectivity index (χ1) is 10.1. The summed E-state index contributed by atoms with van der Waals surface area (Å²) in [6.07, 6.45) is 3.20. The Kier molecular flexibility index (Phi) is 3.86. The Morgan fingerprint density at radius 1 is 1.33 bits per heavy atom. The van der Waals surface area contributed by atoms with Gasteiger partial charge in [-0.15, -0.1) is 0 Å². The summed E-state index contributed by atoms with van der Waals surface area (Å²) in [5.74, 6) is 0.0981. The first-order valence-electron chi connectivity index (χ1n) is 7.80. The Labute approximate surface area is 125 Å². The summed E-state index contributed by atoms with van der Waals surface area (Å²) in [6, 6.07) is 6.56. The van der Waals surface area contributed by atoms with E-state index in [0.29, 0.717) is 18.0 Å². The predicted octanol–water partition coefficient (Wildman–Crippen LogP) is 2.84. The number of anilines is 1. The van der Waals surface area contributed by atoms with Crippen LogP contribution in [-0.2, 0) is 6.42 Å². The molecule has 0 radical (unpaired) electrons. The second kappa shape index (κ2) is 5.65. The number of fused-ring (bicyclic) bond motifs is 2. The minimum atomic E-state index is -0.378. The van der Waals surface area contributed by atoms with Crippen LogP contribution in [0.1, 0.15) is 37.8 Å². The lowest BCUT2D eigenvalue weighted by Crippen LogP contribution is -2.51.